The number of carbonyl (C=O) groups is 1. The molecule has 1 amide bonds. The largest absolute Gasteiger partial charge is 0.353 e. The lowest BCUT2D eigenvalue weighted by Crippen LogP contribution is -2.44. The van der Waals surface area contributed by atoms with Gasteiger partial charge in [0.1, 0.15) is 0 Å². The van der Waals surface area contributed by atoms with Gasteiger partial charge in [0.25, 0.3) is 0 Å². The van der Waals surface area contributed by atoms with Crippen LogP contribution in [-0.4, -0.2) is 34.9 Å². The maximum absolute atomic E-state index is 13.4. The van der Waals surface area contributed by atoms with Crippen LogP contribution in [0.2, 0.25) is 0 Å². The van der Waals surface area contributed by atoms with Crippen LogP contribution in [0.5, 0.6) is 0 Å². The Balaban J connectivity index is 1.12. The van der Waals surface area contributed by atoms with E-state index in [1.807, 2.05) is 18.2 Å². The lowest BCUT2D eigenvalue weighted by Gasteiger charge is -2.32. The molecule has 3 aromatic rings. The third kappa shape index (κ3) is 6.08. The SMILES string of the molecule is O=C(CCCCc1nc2ccccc2s1)NC1CCN(Cc2ccc(F)c(F)c2)CC1. The molecule has 1 fully saturated rings. The van der Waals surface area contributed by atoms with Crippen LogP contribution < -0.4 is 5.32 Å². The van der Waals surface area contributed by atoms with Crippen molar-refractivity contribution < 1.29 is 13.6 Å². The Labute approximate surface area is 185 Å². The Hall–Kier alpha value is -2.38. The van der Waals surface area contributed by atoms with Crippen LogP contribution in [0, 0.1) is 11.6 Å². The van der Waals surface area contributed by atoms with Gasteiger partial charge in [0.15, 0.2) is 11.6 Å². The van der Waals surface area contributed by atoms with Crippen LogP contribution in [0.25, 0.3) is 10.2 Å². The fraction of sp³-hybridized carbons (Fsp3) is 0.417. The van der Waals surface area contributed by atoms with Gasteiger partial charge in [0.2, 0.25) is 5.91 Å². The van der Waals surface area contributed by atoms with Gasteiger partial charge in [0, 0.05) is 32.1 Å². The summed E-state index contributed by atoms with van der Waals surface area (Å²) in [6.45, 7) is 2.27. The molecule has 2 heterocycles. The average Bonchev–Trinajstić information content (AvgIpc) is 3.18. The summed E-state index contributed by atoms with van der Waals surface area (Å²) in [5, 5.41) is 4.29. The highest BCUT2D eigenvalue weighted by molar-refractivity contribution is 7.18. The number of hydrogen-bond donors (Lipinski definition) is 1. The zero-order valence-electron chi connectivity index (χ0n) is 17.4. The molecule has 0 saturated carbocycles. The van der Waals surface area contributed by atoms with Gasteiger partial charge in [-0.25, -0.2) is 13.8 Å². The number of para-hydroxylation sites is 1. The number of fused-ring (bicyclic) bond motifs is 1. The van der Waals surface area contributed by atoms with Crippen molar-refractivity contribution in [3.05, 3.63) is 64.7 Å². The minimum Gasteiger partial charge on any atom is -0.353 e. The number of thiazole rings is 1. The predicted molar refractivity (Wildman–Crippen MR) is 120 cm³/mol. The Kier molecular flexibility index (Phi) is 7.25. The molecule has 31 heavy (non-hydrogen) atoms. The molecule has 0 unspecified atom stereocenters. The number of rotatable bonds is 8. The number of unbranched alkanes of at least 4 members (excludes halogenated alkanes) is 1. The Bertz CT molecular complexity index is 998. The third-order valence-corrected chi connectivity index (χ3v) is 6.82. The van der Waals surface area contributed by atoms with E-state index in [-0.39, 0.29) is 11.9 Å². The van der Waals surface area contributed by atoms with Crippen molar-refractivity contribution in [3.8, 4) is 0 Å². The van der Waals surface area contributed by atoms with Gasteiger partial charge < -0.3 is 5.32 Å². The minimum atomic E-state index is -0.815. The highest BCUT2D eigenvalue weighted by atomic mass is 32.1. The molecular formula is C24H27F2N3OS. The molecule has 2 aromatic carbocycles. The molecule has 0 radical (unpaired) electrons. The fourth-order valence-corrected chi connectivity index (χ4v) is 5.03. The van der Waals surface area contributed by atoms with Crippen LogP contribution in [0.15, 0.2) is 42.5 Å². The van der Waals surface area contributed by atoms with E-state index in [9.17, 15) is 13.6 Å². The summed E-state index contributed by atoms with van der Waals surface area (Å²) < 4.78 is 27.6. The maximum Gasteiger partial charge on any atom is 0.220 e. The Morgan fingerprint density at radius 1 is 1.10 bits per heavy atom. The zero-order valence-corrected chi connectivity index (χ0v) is 18.3. The topological polar surface area (TPSA) is 45.2 Å². The minimum absolute atomic E-state index is 0.114. The highest BCUT2D eigenvalue weighted by Crippen LogP contribution is 2.23. The van der Waals surface area contributed by atoms with Crippen molar-refractivity contribution in [2.45, 2.75) is 51.1 Å². The van der Waals surface area contributed by atoms with Gasteiger partial charge in [-0.15, -0.1) is 11.3 Å². The second kappa shape index (κ2) is 10.3. The second-order valence-electron chi connectivity index (χ2n) is 8.15. The quantitative estimate of drug-likeness (QED) is 0.495. The number of hydrogen-bond acceptors (Lipinski definition) is 4. The van der Waals surface area contributed by atoms with Crippen molar-refractivity contribution in [2.24, 2.45) is 0 Å². The van der Waals surface area contributed by atoms with E-state index in [2.05, 4.69) is 21.3 Å². The molecule has 0 spiro atoms. The molecule has 1 saturated heterocycles. The molecule has 164 valence electrons. The summed E-state index contributed by atoms with van der Waals surface area (Å²) in [6, 6.07) is 12.4. The van der Waals surface area contributed by atoms with E-state index in [1.54, 1.807) is 17.4 Å². The van der Waals surface area contributed by atoms with Gasteiger partial charge in [-0.1, -0.05) is 18.2 Å². The molecule has 0 atom stereocenters. The summed E-state index contributed by atoms with van der Waals surface area (Å²) in [4.78, 5) is 19.1. The third-order valence-electron chi connectivity index (χ3n) is 5.73. The van der Waals surface area contributed by atoms with Gasteiger partial charge in [-0.05, 0) is 61.9 Å². The van der Waals surface area contributed by atoms with E-state index >= 15 is 0 Å². The van der Waals surface area contributed by atoms with Gasteiger partial charge in [-0.2, -0.15) is 0 Å². The van der Waals surface area contributed by atoms with Crippen LogP contribution in [-0.2, 0) is 17.8 Å². The number of aromatic nitrogens is 1. The summed E-state index contributed by atoms with van der Waals surface area (Å²) in [5.41, 5.74) is 1.82. The first kappa shape index (κ1) is 21.8. The highest BCUT2D eigenvalue weighted by Gasteiger charge is 2.21. The number of carbonyl (C=O) groups excluding carboxylic acids is 1. The van der Waals surface area contributed by atoms with Crippen LogP contribution in [0.3, 0.4) is 0 Å². The van der Waals surface area contributed by atoms with Crippen LogP contribution in [0.4, 0.5) is 8.78 Å². The number of nitrogens with zero attached hydrogens (tertiary/aromatic N) is 2. The van der Waals surface area contributed by atoms with E-state index in [4.69, 9.17) is 0 Å². The van der Waals surface area contributed by atoms with E-state index < -0.39 is 11.6 Å². The van der Waals surface area contributed by atoms with E-state index in [0.29, 0.717) is 13.0 Å². The molecule has 0 bridgehead atoms. The standard InChI is InChI=1S/C24H27F2N3OS/c25-19-10-9-17(15-20(19)26)16-29-13-11-18(12-14-29)27-23(30)7-3-4-8-24-28-21-5-1-2-6-22(21)31-24/h1-2,5-6,9-10,15,18H,3-4,7-8,11-14,16H2,(H,27,30). The number of halogens is 2. The number of piperidine rings is 1. The fourth-order valence-electron chi connectivity index (χ4n) is 4.02. The summed E-state index contributed by atoms with van der Waals surface area (Å²) >= 11 is 1.73. The molecular weight excluding hydrogens is 416 g/mol. The molecule has 4 nitrogen and oxygen atoms in total. The number of amides is 1. The molecule has 7 heteroatoms. The first-order valence-corrected chi connectivity index (χ1v) is 11.7. The first-order valence-electron chi connectivity index (χ1n) is 10.9. The smallest absolute Gasteiger partial charge is 0.220 e. The van der Waals surface area contributed by atoms with E-state index in [0.717, 1.165) is 61.3 Å². The van der Waals surface area contributed by atoms with Crippen molar-refractivity contribution >= 4 is 27.5 Å². The Morgan fingerprint density at radius 2 is 1.90 bits per heavy atom. The van der Waals surface area contributed by atoms with Crippen molar-refractivity contribution in [1.82, 2.24) is 15.2 Å². The summed E-state index contributed by atoms with van der Waals surface area (Å²) in [7, 11) is 0. The number of aryl methyl sites for hydroxylation is 1. The van der Waals surface area contributed by atoms with Crippen molar-refractivity contribution in [3.63, 3.8) is 0 Å². The van der Waals surface area contributed by atoms with Crippen LogP contribution in [0.1, 0.15) is 42.7 Å². The second-order valence-corrected chi connectivity index (χ2v) is 9.26. The lowest BCUT2D eigenvalue weighted by molar-refractivity contribution is -0.122. The molecule has 4 rings (SSSR count). The molecule has 1 aromatic heterocycles. The van der Waals surface area contributed by atoms with Crippen LogP contribution >= 0.6 is 11.3 Å². The van der Waals surface area contributed by atoms with Gasteiger partial charge in [0.05, 0.1) is 15.2 Å². The summed E-state index contributed by atoms with van der Waals surface area (Å²) in [5.74, 6) is -1.50. The number of benzene rings is 2. The normalized spacial score (nSPS) is 15.4. The van der Waals surface area contributed by atoms with Crippen molar-refractivity contribution in [2.75, 3.05) is 13.1 Å². The van der Waals surface area contributed by atoms with Gasteiger partial charge in [-0.3, -0.25) is 9.69 Å². The van der Waals surface area contributed by atoms with Crippen molar-refractivity contribution in [1.29, 1.82) is 0 Å². The lowest BCUT2D eigenvalue weighted by atomic mass is 10.0. The summed E-state index contributed by atoms with van der Waals surface area (Å²) in [6.07, 6.45) is 5.02. The zero-order chi connectivity index (χ0) is 21.6. The van der Waals surface area contributed by atoms with Gasteiger partial charge >= 0.3 is 0 Å². The Morgan fingerprint density at radius 3 is 2.68 bits per heavy atom. The first-order chi connectivity index (χ1) is 15.1. The number of likely N-dealkylation sites (tertiary alicyclic amines) is 1. The average molecular weight is 444 g/mol. The predicted octanol–water partition coefficient (Wildman–Crippen LogP) is 5.07. The molecule has 1 aliphatic rings. The molecule has 1 N–H and O–H groups in total. The van der Waals surface area contributed by atoms with E-state index in [1.165, 1.54) is 16.8 Å². The monoisotopic (exact) mass is 443 g/mol. The maximum atomic E-state index is 13.4. The molecule has 0 aliphatic carbocycles. The number of nitrogens with one attached hydrogen (secondary N) is 1. The molecule has 1 aliphatic heterocycles.